The maximum absolute atomic E-state index is 3.46. The average Bonchev–Trinajstić information content (AvgIpc) is 1.37. The van der Waals surface area contributed by atoms with Crippen molar-refractivity contribution in [3.8, 4) is 0 Å². The summed E-state index contributed by atoms with van der Waals surface area (Å²) in [7, 11) is 2.54. The van der Waals surface area contributed by atoms with Gasteiger partial charge in [-0.3, -0.25) is 0 Å². The predicted octanol–water partition coefficient (Wildman–Crippen LogP) is 1.47. The Morgan fingerprint density at radius 1 is 1.80 bits per heavy atom. The molecule has 1 unspecified atom stereocenters. The molecule has 2 heteroatoms. The van der Waals surface area contributed by atoms with Gasteiger partial charge in [0.2, 0.25) is 0 Å². The van der Waals surface area contributed by atoms with Gasteiger partial charge in [-0.15, -0.1) is 28.2 Å². The highest BCUT2D eigenvalue weighted by atomic mass is 35.5. The smallest absolute Gasteiger partial charge is 0.0203 e. The Bertz CT molecular complexity index is 20.9. The van der Waals surface area contributed by atoms with E-state index < -0.39 is 0 Å². The Morgan fingerprint density at radius 2 is 2.00 bits per heavy atom. The molecule has 0 rings (SSSR count). The maximum Gasteiger partial charge on any atom is -0.0203 e. The third-order valence-corrected chi connectivity index (χ3v) is 0.500. The Kier molecular flexibility index (Phi) is 16.0. The van der Waals surface area contributed by atoms with E-state index in [0.29, 0.717) is 0 Å². The van der Waals surface area contributed by atoms with Crippen molar-refractivity contribution in [2.75, 3.05) is 6.16 Å². The quantitative estimate of drug-likeness (QED) is 0.354. The second-order valence-corrected chi connectivity index (χ2v) is 0.996. The molecular formula is C3H8ClP. The van der Waals surface area contributed by atoms with E-state index in [2.05, 4.69) is 15.8 Å². The molecule has 32 valence electrons. The van der Waals surface area contributed by atoms with Gasteiger partial charge in [-0.1, -0.05) is 6.08 Å². The van der Waals surface area contributed by atoms with Crippen molar-refractivity contribution >= 4 is 21.6 Å². The molecule has 0 amide bonds. The van der Waals surface area contributed by atoms with Crippen molar-refractivity contribution in [1.29, 1.82) is 0 Å². The van der Waals surface area contributed by atoms with Crippen molar-refractivity contribution < 1.29 is 0 Å². The first-order valence-corrected chi connectivity index (χ1v) is 2.04. The van der Waals surface area contributed by atoms with Crippen LogP contribution in [0.1, 0.15) is 0 Å². The lowest BCUT2D eigenvalue weighted by molar-refractivity contribution is 1.83. The van der Waals surface area contributed by atoms with Crippen LogP contribution in [0.5, 0.6) is 0 Å². The first-order valence-electron chi connectivity index (χ1n) is 1.22. The fourth-order valence-electron chi connectivity index (χ4n) is 0. The summed E-state index contributed by atoms with van der Waals surface area (Å²) in [5.74, 6) is 0. The molecule has 5 heavy (non-hydrogen) atoms. The minimum Gasteiger partial charge on any atom is -0.147 e. The average molecular weight is 111 g/mol. The highest BCUT2D eigenvalue weighted by Crippen LogP contribution is 1.74. The van der Waals surface area contributed by atoms with Crippen molar-refractivity contribution in [3.63, 3.8) is 0 Å². The van der Waals surface area contributed by atoms with E-state index in [1.807, 2.05) is 6.08 Å². The van der Waals surface area contributed by atoms with Crippen LogP contribution in [0, 0.1) is 0 Å². The molecule has 0 nitrogen and oxygen atoms in total. The summed E-state index contributed by atoms with van der Waals surface area (Å²) in [5.41, 5.74) is 0. The van der Waals surface area contributed by atoms with E-state index in [9.17, 15) is 0 Å². The fourth-order valence-corrected chi connectivity index (χ4v) is 0. The van der Waals surface area contributed by atoms with E-state index in [1.165, 1.54) is 0 Å². The predicted molar refractivity (Wildman–Crippen MR) is 32.0 cm³/mol. The molecule has 0 bridgehead atoms. The molecule has 0 spiro atoms. The molecule has 0 aromatic heterocycles. The molecule has 0 radical (unpaired) electrons. The van der Waals surface area contributed by atoms with Crippen LogP contribution in [-0.4, -0.2) is 6.16 Å². The van der Waals surface area contributed by atoms with E-state index in [-0.39, 0.29) is 12.4 Å². The number of hydrogen-bond donors (Lipinski definition) is 0. The summed E-state index contributed by atoms with van der Waals surface area (Å²) in [4.78, 5) is 0. The van der Waals surface area contributed by atoms with Crippen LogP contribution in [0.25, 0.3) is 0 Å². The minimum atomic E-state index is 0. The summed E-state index contributed by atoms with van der Waals surface area (Å²) in [6.07, 6.45) is 2.84. The molecule has 0 aliphatic heterocycles. The van der Waals surface area contributed by atoms with E-state index in [0.717, 1.165) is 6.16 Å². The molecule has 1 atom stereocenters. The second-order valence-electron chi connectivity index (χ2n) is 0.524. The van der Waals surface area contributed by atoms with Gasteiger partial charge in [-0.05, 0) is 6.16 Å². The molecule has 0 saturated carbocycles. The zero-order chi connectivity index (χ0) is 3.41. The SMILES string of the molecule is C=CCP.Cl. The molecule has 0 aromatic carbocycles. The largest absolute Gasteiger partial charge is 0.147 e. The molecule has 0 aliphatic rings. The molecule has 0 saturated heterocycles. The summed E-state index contributed by atoms with van der Waals surface area (Å²) in [6, 6.07) is 0. The van der Waals surface area contributed by atoms with Crippen molar-refractivity contribution in [3.05, 3.63) is 12.7 Å². The Hall–Kier alpha value is 0.460. The van der Waals surface area contributed by atoms with E-state index in [4.69, 9.17) is 0 Å². The van der Waals surface area contributed by atoms with Gasteiger partial charge in [0.1, 0.15) is 0 Å². The van der Waals surface area contributed by atoms with Gasteiger partial charge in [0.25, 0.3) is 0 Å². The van der Waals surface area contributed by atoms with Gasteiger partial charge in [0.05, 0.1) is 0 Å². The zero-order valence-corrected chi connectivity index (χ0v) is 4.95. The summed E-state index contributed by atoms with van der Waals surface area (Å²) in [6.45, 7) is 3.46. The second kappa shape index (κ2) is 8.82. The normalized spacial score (nSPS) is 5.00. The Balaban J connectivity index is 0. The van der Waals surface area contributed by atoms with Gasteiger partial charge >= 0.3 is 0 Å². The minimum absolute atomic E-state index is 0. The topological polar surface area (TPSA) is 0 Å². The molecule has 0 N–H and O–H groups in total. The highest BCUT2D eigenvalue weighted by Gasteiger charge is 1.44. The number of allylic oxidation sites excluding steroid dienone is 1. The van der Waals surface area contributed by atoms with Crippen molar-refractivity contribution in [2.24, 2.45) is 0 Å². The first-order chi connectivity index (χ1) is 1.91. The fraction of sp³-hybridized carbons (Fsp3) is 0.333. The monoisotopic (exact) mass is 110 g/mol. The maximum atomic E-state index is 3.46. The zero-order valence-electron chi connectivity index (χ0n) is 2.98. The van der Waals surface area contributed by atoms with Crippen LogP contribution >= 0.6 is 21.6 Å². The van der Waals surface area contributed by atoms with Crippen molar-refractivity contribution in [2.45, 2.75) is 0 Å². The Labute approximate surface area is 41.3 Å². The lowest BCUT2D eigenvalue weighted by Gasteiger charge is -1.58. The van der Waals surface area contributed by atoms with Gasteiger partial charge in [-0.25, -0.2) is 0 Å². The van der Waals surface area contributed by atoms with Crippen LogP contribution in [0.2, 0.25) is 0 Å². The summed E-state index contributed by atoms with van der Waals surface area (Å²) in [5, 5.41) is 0. The third-order valence-electron chi connectivity index (χ3n) is 0.167. The molecule has 0 aliphatic carbocycles. The summed E-state index contributed by atoms with van der Waals surface area (Å²) >= 11 is 0. The first kappa shape index (κ1) is 9.07. The molecule has 0 heterocycles. The highest BCUT2D eigenvalue weighted by molar-refractivity contribution is 7.16. The van der Waals surface area contributed by atoms with Gasteiger partial charge in [0.15, 0.2) is 0 Å². The van der Waals surface area contributed by atoms with Crippen LogP contribution in [0.3, 0.4) is 0 Å². The van der Waals surface area contributed by atoms with Gasteiger partial charge in [-0.2, -0.15) is 0 Å². The van der Waals surface area contributed by atoms with Crippen LogP contribution < -0.4 is 0 Å². The van der Waals surface area contributed by atoms with Gasteiger partial charge in [0, 0.05) is 0 Å². The number of halogens is 1. The molecule has 0 aromatic rings. The van der Waals surface area contributed by atoms with Crippen LogP contribution in [0.15, 0.2) is 12.7 Å². The molecular weight excluding hydrogens is 102 g/mol. The van der Waals surface area contributed by atoms with Crippen molar-refractivity contribution in [1.82, 2.24) is 0 Å². The third kappa shape index (κ3) is 12.7. The van der Waals surface area contributed by atoms with Crippen LogP contribution in [-0.2, 0) is 0 Å². The Morgan fingerprint density at radius 3 is 2.00 bits per heavy atom. The standard InChI is InChI=1S/C3H7P.ClH/c1-2-3-4;/h2H,1,3-4H2;1H. The van der Waals surface area contributed by atoms with Gasteiger partial charge < -0.3 is 0 Å². The number of rotatable bonds is 1. The van der Waals surface area contributed by atoms with E-state index >= 15 is 0 Å². The lowest BCUT2D eigenvalue weighted by atomic mass is 10.8. The summed E-state index contributed by atoms with van der Waals surface area (Å²) < 4.78 is 0. The van der Waals surface area contributed by atoms with E-state index in [1.54, 1.807) is 0 Å². The van der Waals surface area contributed by atoms with Crippen LogP contribution in [0.4, 0.5) is 0 Å². The lowest BCUT2D eigenvalue weighted by Crippen LogP contribution is -1.43. The molecule has 0 fully saturated rings. The number of hydrogen-bond acceptors (Lipinski definition) is 0.